The number of carbonyl (C=O) groups excluding carboxylic acids is 1. The Labute approximate surface area is 120 Å². The third-order valence-corrected chi connectivity index (χ3v) is 4.01. The number of ether oxygens (including phenoxy) is 1. The van der Waals surface area contributed by atoms with Crippen LogP contribution in [0, 0.1) is 5.92 Å². The molecule has 0 radical (unpaired) electrons. The summed E-state index contributed by atoms with van der Waals surface area (Å²) in [6.45, 7) is 4.95. The monoisotopic (exact) mass is 276 g/mol. The number of benzene rings is 1. The predicted molar refractivity (Wildman–Crippen MR) is 79.7 cm³/mol. The molecule has 4 nitrogen and oxygen atoms in total. The highest BCUT2D eigenvalue weighted by Crippen LogP contribution is 2.19. The van der Waals surface area contributed by atoms with Gasteiger partial charge in [-0.15, -0.1) is 0 Å². The Morgan fingerprint density at radius 2 is 2.05 bits per heavy atom. The molecule has 1 fully saturated rings. The Kier molecular flexibility index (Phi) is 5.01. The molecule has 1 aliphatic rings. The number of hydrogen-bond donors (Lipinski definition) is 2. The molecule has 20 heavy (non-hydrogen) atoms. The molecule has 1 saturated heterocycles. The SMILES string of the molecule is COc1ccc(C(C)NC(=O)C2CCC(C)NC2)cc1. The van der Waals surface area contributed by atoms with Gasteiger partial charge in [-0.3, -0.25) is 4.79 Å². The lowest BCUT2D eigenvalue weighted by Gasteiger charge is -2.28. The fraction of sp³-hybridized carbons (Fsp3) is 0.562. The van der Waals surface area contributed by atoms with Gasteiger partial charge in [-0.05, 0) is 44.4 Å². The number of amides is 1. The average molecular weight is 276 g/mol. The van der Waals surface area contributed by atoms with E-state index in [0.717, 1.165) is 30.7 Å². The van der Waals surface area contributed by atoms with Crippen LogP contribution in [-0.4, -0.2) is 25.6 Å². The topological polar surface area (TPSA) is 50.4 Å². The smallest absolute Gasteiger partial charge is 0.224 e. The number of piperidine rings is 1. The van der Waals surface area contributed by atoms with Gasteiger partial charge >= 0.3 is 0 Å². The summed E-state index contributed by atoms with van der Waals surface area (Å²) < 4.78 is 5.14. The molecule has 110 valence electrons. The number of carbonyl (C=O) groups is 1. The third kappa shape index (κ3) is 3.73. The Morgan fingerprint density at radius 3 is 2.60 bits per heavy atom. The van der Waals surface area contributed by atoms with Crippen LogP contribution in [-0.2, 0) is 4.79 Å². The first-order valence-corrected chi connectivity index (χ1v) is 7.28. The molecule has 2 N–H and O–H groups in total. The lowest BCUT2D eigenvalue weighted by molar-refractivity contribution is -0.126. The summed E-state index contributed by atoms with van der Waals surface area (Å²) in [5.74, 6) is 1.07. The van der Waals surface area contributed by atoms with Gasteiger partial charge in [-0.25, -0.2) is 0 Å². The first-order valence-electron chi connectivity index (χ1n) is 7.28. The molecule has 1 aliphatic heterocycles. The second-order valence-corrected chi connectivity index (χ2v) is 5.59. The summed E-state index contributed by atoms with van der Waals surface area (Å²) in [4.78, 5) is 12.2. The van der Waals surface area contributed by atoms with Gasteiger partial charge in [0.25, 0.3) is 0 Å². The normalized spacial score (nSPS) is 23.9. The van der Waals surface area contributed by atoms with Crippen molar-refractivity contribution in [2.75, 3.05) is 13.7 Å². The first-order chi connectivity index (χ1) is 9.60. The van der Waals surface area contributed by atoms with Crippen LogP contribution in [0.2, 0.25) is 0 Å². The molecular formula is C16H24N2O2. The second kappa shape index (κ2) is 6.75. The third-order valence-electron chi connectivity index (χ3n) is 4.01. The van der Waals surface area contributed by atoms with Crippen LogP contribution in [0.15, 0.2) is 24.3 Å². The minimum absolute atomic E-state index is 0.0211. The van der Waals surface area contributed by atoms with Gasteiger partial charge < -0.3 is 15.4 Å². The van der Waals surface area contributed by atoms with E-state index in [1.165, 1.54) is 0 Å². The van der Waals surface area contributed by atoms with E-state index in [4.69, 9.17) is 4.74 Å². The standard InChI is InChI=1S/C16H24N2O2/c1-11-4-5-14(10-17-11)16(19)18-12(2)13-6-8-15(20-3)9-7-13/h6-9,11-12,14,17H,4-5,10H2,1-3H3,(H,18,19). The van der Waals surface area contributed by atoms with E-state index in [0.29, 0.717) is 6.04 Å². The van der Waals surface area contributed by atoms with E-state index in [2.05, 4.69) is 17.6 Å². The summed E-state index contributed by atoms with van der Waals surface area (Å²) >= 11 is 0. The minimum Gasteiger partial charge on any atom is -0.497 e. The molecule has 4 heteroatoms. The van der Waals surface area contributed by atoms with Crippen molar-refractivity contribution < 1.29 is 9.53 Å². The maximum Gasteiger partial charge on any atom is 0.224 e. The summed E-state index contributed by atoms with van der Waals surface area (Å²) in [7, 11) is 1.65. The van der Waals surface area contributed by atoms with Crippen LogP contribution < -0.4 is 15.4 Å². The van der Waals surface area contributed by atoms with Gasteiger partial charge in [-0.2, -0.15) is 0 Å². The summed E-state index contributed by atoms with van der Waals surface area (Å²) in [6, 6.07) is 8.37. The van der Waals surface area contributed by atoms with Crippen LogP contribution in [0.25, 0.3) is 0 Å². The Bertz CT molecular complexity index is 436. The highest BCUT2D eigenvalue weighted by molar-refractivity contribution is 5.79. The van der Waals surface area contributed by atoms with Crippen molar-refractivity contribution in [2.24, 2.45) is 5.92 Å². The molecule has 3 unspecified atom stereocenters. The Balaban J connectivity index is 1.89. The van der Waals surface area contributed by atoms with Crippen LogP contribution in [0.5, 0.6) is 5.75 Å². The summed E-state index contributed by atoms with van der Waals surface area (Å²) in [6.07, 6.45) is 2.03. The lowest BCUT2D eigenvalue weighted by Crippen LogP contribution is -2.44. The number of rotatable bonds is 4. The zero-order chi connectivity index (χ0) is 14.5. The second-order valence-electron chi connectivity index (χ2n) is 5.59. The maximum atomic E-state index is 12.2. The molecule has 1 amide bonds. The molecule has 1 heterocycles. The molecule has 3 atom stereocenters. The highest BCUT2D eigenvalue weighted by atomic mass is 16.5. The zero-order valence-electron chi connectivity index (χ0n) is 12.5. The predicted octanol–water partition coefficient (Wildman–Crippen LogP) is 2.26. The van der Waals surface area contributed by atoms with Gasteiger partial charge in [0.15, 0.2) is 0 Å². The van der Waals surface area contributed by atoms with Gasteiger partial charge in [0.1, 0.15) is 5.75 Å². The fourth-order valence-corrected chi connectivity index (χ4v) is 2.53. The van der Waals surface area contributed by atoms with E-state index < -0.39 is 0 Å². The van der Waals surface area contributed by atoms with Crippen LogP contribution in [0.1, 0.15) is 38.3 Å². The zero-order valence-corrected chi connectivity index (χ0v) is 12.5. The van der Waals surface area contributed by atoms with Gasteiger partial charge in [0.05, 0.1) is 19.1 Å². The van der Waals surface area contributed by atoms with Crippen molar-refractivity contribution in [1.82, 2.24) is 10.6 Å². The van der Waals surface area contributed by atoms with E-state index in [1.807, 2.05) is 31.2 Å². The molecule has 1 aromatic carbocycles. The first kappa shape index (κ1) is 14.9. The van der Waals surface area contributed by atoms with Crippen molar-refractivity contribution in [2.45, 2.75) is 38.8 Å². The van der Waals surface area contributed by atoms with Gasteiger partial charge in [-0.1, -0.05) is 12.1 Å². The van der Waals surface area contributed by atoms with Crippen molar-refractivity contribution >= 4 is 5.91 Å². The van der Waals surface area contributed by atoms with Crippen LogP contribution >= 0.6 is 0 Å². The number of methoxy groups -OCH3 is 1. The minimum atomic E-state index is 0.0211. The highest BCUT2D eigenvalue weighted by Gasteiger charge is 2.24. The molecule has 0 bridgehead atoms. The van der Waals surface area contributed by atoms with Crippen molar-refractivity contribution in [3.05, 3.63) is 29.8 Å². The molecule has 0 saturated carbocycles. The van der Waals surface area contributed by atoms with Gasteiger partial charge in [0.2, 0.25) is 5.91 Å². The van der Waals surface area contributed by atoms with E-state index in [1.54, 1.807) is 7.11 Å². The molecular weight excluding hydrogens is 252 g/mol. The van der Waals surface area contributed by atoms with Crippen molar-refractivity contribution in [1.29, 1.82) is 0 Å². The summed E-state index contributed by atoms with van der Waals surface area (Å²) in [5.41, 5.74) is 1.09. The molecule has 0 aromatic heterocycles. The lowest BCUT2D eigenvalue weighted by atomic mass is 9.94. The van der Waals surface area contributed by atoms with Gasteiger partial charge in [0, 0.05) is 12.6 Å². The van der Waals surface area contributed by atoms with E-state index >= 15 is 0 Å². The molecule has 0 aliphatic carbocycles. The largest absolute Gasteiger partial charge is 0.497 e. The Hall–Kier alpha value is -1.55. The molecule has 2 rings (SSSR count). The Morgan fingerprint density at radius 1 is 1.35 bits per heavy atom. The number of hydrogen-bond acceptors (Lipinski definition) is 3. The van der Waals surface area contributed by atoms with Crippen molar-refractivity contribution in [3.8, 4) is 5.75 Å². The van der Waals surface area contributed by atoms with E-state index in [-0.39, 0.29) is 17.9 Å². The molecule has 0 spiro atoms. The average Bonchev–Trinajstić information content (AvgIpc) is 2.48. The fourth-order valence-electron chi connectivity index (χ4n) is 2.53. The van der Waals surface area contributed by atoms with E-state index in [9.17, 15) is 4.79 Å². The number of nitrogens with one attached hydrogen (secondary N) is 2. The molecule has 1 aromatic rings. The maximum absolute atomic E-state index is 12.2. The summed E-state index contributed by atoms with van der Waals surface area (Å²) in [5, 5.41) is 6.46. The van der Waals surface area contributed by atoms with Crippen molar-refractivity contribution in [3.63, 3.8) is 0 Å². The quantitative estimate of drug-likeness (QED) is 0.887. The van der Waals surface area contributed by atoms with Crippen LogP contribution in [0.3, 0.4) is 0 Å². The van der Waals surface area contributed by atoms with Crippen LogP contribution in [0.4, 0.5) is 0 Å².